The molecular formula is C16H20N2O. The molecule has 1 aromatic carbocycles. The highest BCUT2D eigenvalue weighted by Crippen LogP contribution is 2.21. The first-order valence-corrected chi connectivity index (χ1v) is 6.67. The van der Waals surface area contributed by atoms with Crippen molar-refractivity contribution < 1.29 is 4.74 Å². The molecule has 19 heavy (non-hydrogen) atoms. The second kappa shape index (κ2) is 6.90. The van der Waals surface area contributed by atoms with Crippen molar-refractivity contribution in [3.63, 3.8) is 0 Å². The number of aromatic nitrogens is 1. The summed E-state index contributed by atoms with van der Waals surface area (Å²) in [6, 6.07) is 12.1. The molecule has 0 saturated heterocycles. The van der Waals surface area contributed by atoms with Crippen molar-refractivity contribution in [2.24, 2.45) is 5.73 Å². The first-order chi connectivity index (χ1) is 9.29. The van der Waals surface area contributed by atoms with Gasteiger partial charge in [-0.1, -0.05) is 18.2 Å². The molecule has 1 atom stereocenters. The van der Waals surface area contributed by atoms with Gasteiger partial charge in [0.2, 0.25) is 0 Å². The van der Waals surface area contributed by atoms with Gasteiger partial charge in [-0.2, -0.15) is 0 Å². The van der Waals surface area contributed by atoms with Crippen molar-refractivity contribution in [1.82, 2.24) is 4.98 Å². The zero-order chi connectivity index (χ0) is 13.5. The number of benzene rings is 1. The van der Waals surface area contributed by atoms with Crippen LogP contribution >= 0.6 is 0 Å². The molecule has 3 nitrogen and oxygen atoms in total. The van der Waals surface area contributed by atoms with Gasteiger partial charge in [0.1, 0.15) is 5.75 Å². The molecule has 2 rings (SSSR count). The normalized spacial score (nSPS) is 12.1. The van der Waals surface area contributed by atoms with Crippen LogP contribution in [-0.4, -0.2) is 11.6 Å². The lowest BCUT2D eigenvalue weighted by Gasteiger charge is -2.13. The lowest BCUT2D eigenvalue weighted by Crippen LogP contribution is -2.11. The monoisotopic (exact) mass is 256 g/mol. The summed E-state index contributed by atoms with van der Waals surface area (Å²) in [6.45, 7) is 2.66. The van der Waals surface area contributed by atoms with Gasteiger partial charge < -0.3 is 10.5 Å². The van der Waals surface area contributed by atoms with E-state index in [1.165, 1.54) is 5.56 Å². The fourth-order valence-electron chi connectivity index (χ4n) is 2.04. The maximum absolute atomic E-state index is 6.23. The smallest absolute Gasteiger partial charge is 0.119 e. The summed E-state index contributed by atoms with van der Waals surface area (Å²) < 4.78 is 5.49. The molecule has 0 saturated carbocycles. The number of hydrogen-bond acceptors (Lipinski definition) is 3. The van der Waals surface area contributed by atoms with Gasteiger partial charge in [0.15, 0.2) is 0 Å². The summed E-state index contributed by atoms with van der Waals surface area (Å²) >= 11 is 0. The molecule has 1 heterocycles. The molecule has 0 aliphatic carbocycles. The Hall–Kier alpha value is -1.87. The number of rotatable bonds is 6. The average Bonchev–Trinajstić information content (AvgIpc) is 2.46. The van der Waals surface area contributed by atoms with E-state index in [9.17, 15) is 0 Å². The highest BCUT2D eigenvalue weighted by molar-refractivity contribution is 5.30. The van der Waals surface area contributed by atoms with Crippen LogP contribution in [0.5, 0.6) is 5.75 Å². The minimum absolute atomic E-state index is 0.0283. The van der Waals surface area contributed by atoms with Crippen LogP contribution in [0.4, 0.5) is 0 Å². The van der Waals surface area contributed by atoms with E-state index >= 15 is 0 Å². The van der Waals surface area contributed by atoms with E-state index in [2.05, 4.69) is 17.1 Å². The van der Waals surface area contributed by atoms with Crippen molar-refractivity contribution >= 4 is 0 Å². The Morgan fingerprint density at radius 2 is 2.16 bits per heavy atom. The second-order valence-electron chi connectivity index (χ2n) is 4.51. The number of aryl methyl sites for hydroxylation is 1. The highest BCUT2D eigenvalue weighted by atomic mass is 16.5. The van der Waals surface area contributed by atoms with E-state index in [0.29, 0.717) is 6.61 Å². The Kier molecular flexibility index (Phi) is 4.93. The second-order valence-corrected chi connectivity index (χ2v) is 4.51. The summed E-state index contributed by atoms with van der Waals surface area (Å²) in [4.78, 5) is 4.11. The maximum atomic E-state index is 6.23. The van der Waals surface area contributed by atoms with Gasteiger partial charge in [-0.3, -0.25) is 4.98 Å². The van der Waals surface area contributed by atoms with Gasteiger partial charge in [-0.05, 0) is 49.1 Å². The van der Waals surface area contributed by atoms with Crippen LogP contribution in [0.3, 0.4) is 0 Å². The quantitative estimate of drug-likeness (QED) is 0.864. The van der Waals surface area contributed by atoms with Gasteiger partial charge >= 0.3 is 0 Å². The molecule has 0 aliphatic rings. The van der Waals surface area contributed by atoms with Crippen molar-refractivity contribution in [2.45, 2.75) is 25.8 Å². The molecule has 0 aliphatic heterocycles. The summed E-state index contributed by atoms with van der Waals surface area (Å²) in [5, 5.41) is 0. The Bertz CT molecular complexity index is 499. The number of pyridine rings is 1. The van der Waals surface area contributed by atoms with Gasteiger partial charge in [-0.25, -0.2) is 0 Å². The lowest BCUT2D eigenvalue weighted by atomic mass is 10.0. The van der Waals surface area contributed by atoms with Gasteiger partial charge in [-0.15, -0.1) is 0 Å². The molecule has 0 amide bonds. The zero-order valence-corrected chi connectivity index (χ0v) is 11.3. The molecule has 3 heteroatoms. The third-order valence-corrected chi connectivity index (χ3v) is 3.06. The summed E-state index contributed by atoms with van der Waals surface area (Å²) in [6.07, 6.45) is 5.52. The SMILES string of the molecule is CCOc1cccc(C(N)CCc2cccnc2)c1. The standard InChI is InChI=1S/C16H20N2O/c1-2-19-15-7-3-6-14(11-15)16(17)9-8-13-5-4-10-18-12-13/h3-7,10-12,16H,2,8-9,17H2,1H3. The molecule has 1 aromatic heterocycles. The lowest BCUT2D eigenvalue weighted by molar-refractivity contribution is 0.339. The molecular weight excluding hydrogens is 236 g/mol. The largest absolute Gasteiger partial charge is 0.494 e. The van der Waals surface area contributed by atoms with E-state index in [-0.39, 0.29) is 6.04 Å². The van der Waals surface area contributed by atoms with Gasteiger partial charge in [0.05, 0.1) is 6.61 Å². The fraction of sp³-hybridized carbons (Fsp3) is 0.312. The number of nitrogens with two attached hydrogens (primary N) is 1. The average molecular weight is 256 g/mol. The molecule has 0 bridgehead atoms. The fourth-order valence-corrected chi connectivity index (χ4v) is 2.04. The zero-order valence-electron chi connectivity index (χ0n) is 11.3. The number of ether oxygens (including phenoxy) is 1. The van der Waals surface area contributed by atoms with E-state index in [4.69, 9.17) is 10.5 Å². The van der Waals surface area contributed by atoms with Gasteiger partial charge in [0.25, 0.3) is 0 Å². The summed E-state index contributed by atoms with van der Waals surface area (Å²) in [5.74, 6) is 0.886. The molecule has 2 aromatic rings. The van der Waals surface area contributed by atoms with Crippen LogP contribution in [0.25, 0.3) is 0 Å². The minimum atomic E-state index is 0.0283. The first-order valence-electron chi connectivity index (χ1n) is 6.67. The first kappa shape index (κ1) is 13.6. The topological polar surface area (TPSA) is 48.1 Å². The molecule has 0 radical (unpaired) electrons. The Morgan fingerprint density at radius 1 is 1.26 bits per heavy atom. The van der Waals surface area contributed by atoms with Crippen LogP contribution in [0.1, 0.15) is 30.5 Å². The highest BCUT2D eigenvalue weighted by Gasteiger charge is 2.07. The van der Waals surface area contributed by atoms with Crippen molar-refractivity contribution in [1.29, 1.82) is 0 Å². The van der Waals surface area contributed by atoms with Crippen molar-refractivity contribution in [2.75, 3.05) is 6.61 Å². The van der Waals surface area contributed by atoms with Crippen LogP contribution < -0.4 is 10.5 Å². The van der Waals surface area contributed by atoms with E-state index in [1.807, 2.05) is 37.4 Å². The predicted molar refractivity (Wildman–Crippen MR) is 77.1 cm³/mol. The Labute approximate surface area is 114 Å². The molecule has 2 N–H and O–H groups in total. The van der Waals surface area contributed by atoms with Crippen molar-refractivity contribution in [3.05, 3.63) is 59.9 Å². The van der Waals surface area contributed by atoms with E-state index in [1.54, 1.807) is 6.20 Å². The Morgan fingerprint density at radius 3 is 2.89 bits per heavy atom. The van der Waals surface area contributed by atoms with Crippen LogP contribution in [-0.2, 0) is 6.42 Å². The molecule has 0 spiro atoms. The minimum Gasteiger partial charge on any atom is -0.494 e. The predicted octanol–water partition coefficient (Wildman–Crippen LogP) is 3.11. The molecule has 1 unspecified atom stereocenters. The molecule has 0 fully saturated rings. The Balaban J connectivity index is 1.95. The maximum Gasteiger partial charge on any atom is 0.119 e. The third-order valence-electron chi connectivity index (χ3n) is 3.06. The third kappa shape index (κ3) is 4.07. The molecule has 100 valence electrons. The van der Waals surface area contributed by atoms with E-state index in [0.717, 1.165) is 24.2 Å². The van der Waals surface area contributed by atoms with Crippen molar-refractivity contribution in [3.8, 4) is 5.75 Å². The van der Waals surface area contributed by atoms with Gasteiger partial charge in [0, 0.05) is 18.4 Å². The summed E-state index contributed by atoms with van der Waals surface area (Å²) in [5.41, 5.74) is 8.57. The van der Waals surface area contributed by atoms with Crippen LogP contribution in [0.15, 0.2) is 48.8 Å². The van der Waals surface area contributed by atoms with Crippen LogP contribution in [0.2, 0.25) is 0 Å². The van der Waals surface area contributed by atoms with Crippen LogP contribution in [0, 0.1) is 0 Å². The number of nitrogens with zero attached hydrogens (tertiary/aromatic N) is 1. The number of hydrogen-bond donors (Lipinski definition) is 1. The summed E-state index contributed by atoms with van der Waals surface area (Å²) in [7, 11) is 0. The van der Waals surface area contributed by atoms with E-state index < -0.39 is 0 Å².